The van der Waals surface area contributed by atoms with Crippen LogP contribution in [0, 0.1) is 0 Å². The summed E-state index contributed by atoms with van der Waals surface area (Å²) in [7, 11) is 0. The average Bonchev–Trinajstić information content (AvgIpc) is 2.85. The van der Waals surface area contributed by atoms with E-state index in [1.165, 1.54) is 25.7 Å². The van der Waals surface area contributed by atoms with E-state index in [1.54, 1.807) is 0 Å². The van der Waals surface area contributed by atoms with E-state index in [-0.39, 0.29) is 6.10 Å². The van der Waals surface area contributed by atoms with Gasteiger partial charge < -0.3 is 15.7 Å². The van der Waals surface area contributed by atoms with Gasteiger partial charge in [-0.3, -0.25) is 4.99 Å². The van der Waals surface area contributed by atoms with Crippen molar-refractivity contribution in [1.82, 2.24) is 10.6 Å². The van der Waals surface area contributed by atoms with Gasteiger partial charge in [0.1, 0.15) is 0 Å². The Morgan fingerprint density at radius 3 is 2.11 bits per heavy atom. The zero-order valence-corrected chi connectivity index (χ0v) is 11.5. The van der Waals surface area contributed by atoms with E-state index in [0.29, 0.717) is 12.1 Å². The largest absolute Gasteiger partial charge is 0.393 e. The van der Waals surface area contributed by atoms with Crippen molar-refractivity contribution in [1.29, 1.82) is 0 Å². The van der Waals surface area contributed by atoms with Crippen molar-refractivity contribution >= 4 is 5.96 Å². The maximum Gasteiger partial charge on any atom is 0.191 e. The van der Waals surface area contributed by atoms with E-state index >= 15 is 0 Å². The second kappa shape index (κ2) is 6.98. The minimum Gasteiger partial charge on any atom is -0.393 e. The SMILES string of the molecule is CCN=C(NC1CCCC1)NC1CCC(O)CC1. The van der Waals surface area contributed by atoms with Crippen molar-refractivity contribution in [2.45, 2.75) is 76.5 Å². The molecule has 0 bridgehead atoms. The molecule has 0 radical (unpaired) electrons. The fourth-order valence-electron chi connectivity index (χ4n) is 2.97. The van der Waals surface area contributed by atoms with Gasteiger partial charge >= 0.3 is 0 Å². The third-order valence-corrected chi connectivity index (χ3v) is 4.05. The summed E-state index contributed by atoms with van der Waals surface area (Å²) >= 11 is 0. The maximum atomic E-state index is 9.52. The van der Waals surface area contributed by atoms with Gasteiger partial charge in [-0.1, -0.05) is 12.8 Å². The summed E-state index contributed by atoms with van der Waals surface area (Å²) < 4.78 is 0. The van der Waals surface area contributed by atoms with Crippen molar-refractivity contribution in [3.8, 4) is 0 Å². The number of aliphatic hydroxyl groups is 1. The molecule has 0 aromatic carbocycles. The zero-order valence-electron chi connectivity index (χ0n) is 11.5. The Bertz CT molecular complexity index is 266. The van der Waals surface area contributed by atoms with Crippen LogP contribution in [-0.4, -0.2) is 35.8 Å². The van der Waals surface area contributed by atoms with Gasteiger partial charge in [0.05, 0.1) is 6.10 Å². The second-order valence-electron chi connectivity index (χ2n) is 5.60. The fourth-order valence-corrected chi connectivity index (χ4v) is 2.97. The molecule has 0 unspecified atom stereocenters. The molecule has 4 heteroatoms. The van der Waals surface area contributed by atoms with Crippen LogP contribution in [0.4, 0.5) is 0 Å². The van der Waals surface area contributed by atoms with E-state index in [1.807, 2.05) is 0 Å². The molecular weight excluding hydrogens is 226 g/mol. The van der Waals surface area contributed by atoms with E-state index in [2.05, 4.69) is 22.5 Å². The lowest BCUT2D eigenvalue weighted by molar-refractivity contribution is 0.120. The molecule has 0 atom stereocenters. The lowest BCUT2D eigenvalue weighted by Gasteiger charge is -2.28. The van der Waals surface area contributed by atoms with Crippen molar-refractivity contribution < 1.29 is 5.11 Å². The van der Waals surface area contributed by atoms with E-state index in [0.717, 1.165) is 38.2 Å². The van der Waals surface area contributed by atoms with Crippen LogP contribution in [0.15, 0.2) is 4.99 Å². The number of nitrogens with zero attached hydrogens (tertiary/aromatic N) is 1. The number of hydrogen-bond donors (Lipinski definition) is 3. The Balaban J connectivity index is 1.80. The summed E-state index contributed by atoms with van der Waals surface area (Å²) in [5.74, 6) is 0.978. The number of aliphatic imine (C=N–C) groups is 1. The Labute approximate surface area is 110 Å². The van der Waals surface area contributed by atoms with Gasteiger partial charge in [0.15, 0.2) is 5.96 Å². The van der Waals surface area contributed by atoms with Crippen LogP contribution in [0.25, 0.3) is 0 Å². The molecule has 3 N–H and O–H groups in total. The van der Waals surface area contributed by atoms with Crippen LogP contribution in [-0.2, 0) is 0 Å². The van der Waals surface area contributed by atoms with Crippen LogP contribution in [0.2, 0.25) is 0 Å². The summed E-state index contributed by atoms with van der Waals surface area (Å²) in [6.45, 7) is 2.89. The second-order valence-corrected chi connectivity index (χ2v) is 5.60. The van der Waals surface area contributed by atoms with Crippen LogP contribution < -0.4 is 10.6 Å². The molecule has 0 aromatic rings. The molecule has 2 aliphatic rings. The van der Waals surface area contributed by atoms with Gasteiger partial charge in [0.2, 0.25) is 0 Å². The average molecular weight is 253 g/mol. The lowest BCUT2D eigenvalue weighted by Crippen LogP contribution is -2.48. The molecule has 0 heterocycles. The third-order valence-electron chi connectivity index (χ3n) is 4.05. The Morgan fingerprint density at radius 1 is 1.00 bits per heavy atom. The van der Waals surface area contributed by atoms with E-state index in [4.69, 9.17) is 0 Å². The molecule has 2 aliphatic carbocycles. The van der Waals surface area contributed by atoms with Crippen LogP contribution in [0.5, 0.6) is 0 Å². The van der Waals surface area contributed by atoms with E-state index in [9.17, 15) is 5.11 Å². The van der Waals surface area contributed by atoms with Crippen molar-refractivity contribution in [2.24, 2.45) is 4.99 Å². The summed E-state index contributed by atoms with van der Waals surface area (Å²) in [6, 6.07) is 1.09. The van der Waals surface area contributed by atoms with E-state index < -0.39 is 0 Å². The quantitative estimate of drug-likeness (QED) is 0.531. The van der Waals surface area contributed by atoms with Gasteiger partial charge in [-0.05, 0) is 45.4 Å². The molecule has 0 amide bonds. The molecule has 0 aliphatic heterocycles. The molecule has 2 fully saturated rings. The summed E-state index contributed by atoms with van der Waals surface area (Å²) in [5, 5.41) is 16.6. The smallest absolute Gasteiger partial charge is 0.191 e. The Kier molecular flexibility index (Phi) is 5.29. The molecule has 2 saturated carbocycles. The summed E-state index contributed by atoms with van der Waals surface area (Å²) in [5.41, 5.74) is 0. The van der Waals surface area contributed by atoms with Crippen molar-refractivity contribution in [2.75, 3.05) is 6.54 Å². The van der Waals surface area contributed by atoms with Gasteiger partial charge in [-0.2, -0.15) is 0 Å². The molecule has 0 spiro atoms. The highest BCUT2D eigenvalue weighted by molar-refractivity contribution is 5.80. The predicted molar refractivity (Wildman–Crippen MR) is 74.8 cm³/mol. The first-order valence-corrected chi connectivity index (χ1v) is 7.53. The maximum absolute atomic E-state index is 9.52. The molecule has 0 saturated heterocycles. The van der Waals surface area contributed by atoms with Crippen LogP contribution in [0.1, 0.15) is 58.3 Å². The van der Waals surface area contributed by atoms with Gasteiger partial charge in [-0.25, -0.2) is 0 Å². The topological polar surface area (TPSA) is 56.7 Å². The molecular formula is C14H27N3O. The molecule has 2 rings (SSSR count). The first kappa shape index (κ1) is 13.7. The molecule has 4 nitrogen and oxygen atoms in total. The third kappa shape index (κ3) is 4.16. The standard InChI is InChI=1S/C14H27N3O/c1-2-15-14(16-11-5-3-4-6-11)17-12-7-9-13(18)10-8-12/h11-13,18H,2-10H2,1H3,(H2,15,16,17). The highest BCUT2D eigenvalue weighted by Crippen LogP contribution is 2.19. The number of rotatable bonds is 3. The Morgan fingerprint density at radius 2 is 1.56 bits per heavy atom. The number of nitrogens with one attached hydrogen (secondary N) is 2. The highest BCUT2D eigenvalue weighted by atomic mass is 16.3. The summed E-state index contributed by atoms with van der Waals surface area (Å²) in [6.07, 6.45) is 9.08. The monoisotopic (exact) mass is 253 g/mol. The van der Waals surface area contributed by atoms with Gasteiger partial charge in [0, 0.05) is 18.6 Å². The van der Waals surface area contributed by atoms with Gasteiger partial charge in [0.25, 0.3) is 0 Å². The zero-order chi connectivity index (χ0) is 12.8. The summed E-state index contributed by atoms with van der Waals surface area (Å²) in [4.78, 5) is 4.53. The van der Waals surface area contributed by atoms with Crippen molar-refractivity contribution in [3.63, 3.8) is 0 Å². The minimum absolute atomic E-state index is 0.0857. The molecule has 104 valence electrons. The van der Waals surface area contributed by atoms with Crippen LogP contribution >= 0.6 is 0 Å². The normalized spacial score (nSPS) is 30.4. The fraction of sp³-hybridized carbons (Fsp3) is 0.929. The predicted octanol–water partition coefficient (Wildman–Crippen LogP) is 1.79. The number of guanidine groups is 1. The first-order valence-electron chi connectivity index (χ1n) is 7.53. The highest BCUT2D eigenvalue weighted by Gasteiger charge is 2.21. The van der Waals surface area contributed by atoms with Crippen LogP contribution in [0.3, 0.4) is 0 Å². The number of hydrogen-bond acceptors (Lipinski definition) is 2. The Hall–Kier alpha value is -0.770. The molecule has 0 aromatic heterocycles. The van der Waals surface area contributed by atoms with Gasteiger partial charge in [-0.15, -0.1) is 0 Å². The lowest BCUT2D eigenvalue weighted by atomic mass is 9.93. The minimum atomic E-state index is -0.0857. The molecule has 18 heavy (non-hydrogen) atoms. The first-order chi connectivity index (χ1) is 8.78. The number of aliphatic hydroxyl groups excluding tert-OH is 1. The van der Waals surface area contributed by atoms with Crippen molar-refractivity contribution in [3.05, 3.63) is 0 Å².